The van der Waals surface area contributed by atoms with Crippen molar-refractivity contribution in [2.75, 3.05) is 0 Å². The second-order valence-corrected chi connectivity index (χ2v) is 8.32. The summed E-state index contributed by atoms with van der Waals surface area (Å²) in [7, 11) is 0. The van der Waals surface area contributed by atoms with Crippen LogP contribution in [0, 0.1) is 7.14 Å². The molecule has 2 aromatic carbocycles. The molecule has 0 saturated heterocycles. The smallest absolute Gasteiger partial charge is 0.872 e. The molecule has 0 fully saturated rings. The Morgan fingerprint density at radius 3 is 2.29 bits per heavy atom. The zero-order valence-corrected chi connectivity index (χ0v) is 21.0. The number of hydrogen-bond acceptors (Lipinski definition) is 4. The maximum absolute atomic E-state index is 11.6. The quantitative estimate of drug-likeness (QED) is 0.277. The van der Waals surface area contributed by atoms with Crippen molar-refractivity contribution in [1.29, 1.82) is 0 Å². The van der Waals surface area contributed by atoms with Gasteiger partial charge in [0.2, 0.25) is 0 Å². The van der Waals surface area contributed by atoms with E-state index in [9.17, 15) is 9.90 Å². The normalized spacial score (nSPS) is 12.8. The van der Waals surface area contributed by atoms with Gasteiger partial charge in [-0.2, -0.15) is 0 Å². The van der Waals surface area contributed by atoms with E-state index in [1.807, 2.05) is 45.2 Å². The topological polar surface area (TPSA) is 95.6 Å². The molecule has 0 aliphatic heterocycles. The first-order chi connectivity index (χ1) is 10.8. The monoisotopic (exact) mass is 673 g/mol. The van der Waals surface area contributed by atoms with Crippen LogP contribution in [-0.2, 0) is 4.79 Å². The molecule has 0 aromatic heterocycles. The molecule has 2 aromatic rings. The molecule has 0 heterocycles. The molecule has 0 saturated carbocycles. The van der Waals surface area contributed by atoms with Gasteiger partial charge in [-0.1, -0.05) is 46.5 Å². The summed E-state index contributed by atoms with van der Waals surface area (Å²) in [6.07, 6.45) is 0. The molecular weight excluding hydrogens is 662 g/mol. The molecule has 5 nitrogen and oxygen atoms in total. The fourth-order valence-corrected chi connectivity index (χ4v) is 3.48. The van der Waals surface area contributed by atoms with E-state index < -0.39 is 12.0 Å². The van der Waals surface area contributed by atoms with Crippen molar-refractivity contribution in [2.45, 2.75) is 9.97 Å². The molecule has 0 aliphatic carbocycles. The number of carboxylic acids is 1. The van der Waals surface area contributed by atoms with Crippen LogP contribution in [0.1, 0.15) is 9.49 Å². The van der Waals surface area contributed by atoms with E-state index in [1.165, 1.54) is 6.07 Å². The van der Waals surface area contributed by atoms with Gasteiger partial charge < -0.3 is 20.7 Å². The molecule has 3 N–H and O–H groups in total. The summed E-state index contributed by atoms with van der Waals surface area (Å²) < 4.78 is 6.78. The van der Waals surface area contributed by atoms with Crippen LogP contribution in [0.15, 0.2) is 36.4 Å². The number of ether oxygens (including phenoxy) is 1. The maximum Gasteiger partial charge on any atom is 1.00 e. The van der Waals surface area contributed by atoms with Crippen LogP contribution in [0.4, 0.5) is 0 Å². The predicted octanol–water partition coefficient (Wildman–Crippen LogP) is 0.654. The molecule has 9 heteroatoms. The van der Waals surface area contributed by atoms with Crippen molar-refractivity contribution in [3.8, 4) is 17.2 Å². The van der Waals surface area contributed by atoms with Gasteiger partial charge in [0.15, 0.2) is 0 Å². The van der Waals surface area contributed by atoms with Crippen molar-refractivity contribution in [1.82, 2.24) is 0 Å². The number of benzene rings is 2. The predicted molar refractivity (Wildman–Crippen MR) is 110 cm³/mol. The molecule has 2 rings (SSSR count). The Morgan fingerprint density at radius 2 is 1.75 bits per heavy atom. The molecule has 2 atom stereocenters. The zero-order valence-electron chi connectivity index (χ0n) is 12.5. The third-order valence-corrected chi connectivity index (χ3v) is 6.19. The van der Waals surface area contributed by atoms with Crippen molar-refractivity contribution in [3.05, 3.63) is 49.1 Å². The third kappa shape index (κ3) is 5.84. The van der Waals surface area contributed by atoms with Gasteiger partial charge in [-0.15, -0.1) is 0 Å². The van der Waals surface area contributed by atoms with Gasteiger partial charge >= 0.3 is 35.5 Å². The van der Waals surface area contributed by atoms with Crippen LogP contribution >= 0.6 is 67.8 Å². The summed E-state index contributed by atoms with van der Waals surface area (Å²) in [5, 5.41) is 20.5. The average Bonchev–Trinajstić information content (AvgIpc) is 2.51. The van der Waals surface area contributed by atoms with Gasteiger partial charge in [0.05, 0.1) is 7.49 Å². The van der Waals surface area contributed by atoms with E-state index >= 15 is 0 Å². The number of carboxylic acid groups (broad SMARTS) is 1. The van der Waals surface area contributed by atoms with Gasteiger partial charge in [-0.05, 0) is 68.9 Å². The Labute approximate surface area is 202 Å². The summed E-state index contributed by atoms with van der Waals surface area (Å²) in [5.74, 6) is 0.142. The van der Waals surface area contributed by atoms with Crippen LogP contribution < -0.4 is 45.1 Å². The van der Waals surface area contributed by atoms with E-state index in [0.717, 1.165) is 9.13 Å². The van der Waals surface area contributed by atoms with Crippen LogP contribution in [0.5, 0.6) is 17.2 Å². The summed E-state index contributed by atoms with van der Waals surface area (Å²) in [4.78, 5) is 10.9. The van der Waals surface area contributed by atoms with E-state index in [0.29, 0.717) is 15.1 Å². The van der Waals surface area contributed by atoms with Crippen LogP contribution in [0.2, 0.25) is 0 Å². The molecule has 1 unspecified atom stereocenters. The minimum absolute atomic E-state index is 0. The molecule has 0 bridgehead atoms. The minimum Gasteiger partial charge on any atom is -0.872 e. The minimum atomic E-state index is -1.04. The summed E-state index contributed by atoms with van der Waals surface area (Å²) in [6, 6.07) is 9.34. The van der Waals surface area contributed by atoms with E-state index in [4.69, 9.17) is 15.6 Å². The van der Waals surface area contributed by atoms with E-state index in [1.54, 1.807) is 30.3 Å². The van der Waals surface area contributed by atoms with Crippen LogP contribution in [0.25, 0.3) is 0 Å². The Morgan fingerprint density at radius 1 is 1.17 bits per heavy atom. The number of hydrogen-bond donors (Lipinski definition) is 2. The second kappa shape index (κ2) is 10.1. The van der Waals surface area contributed by atoms with Crippen LogP contribution in [-0.4, -0.2) is 17.1 Å². The first kappa shape index (κ1) is 22.7. The number of aliphatic carboxylic acids is 1. The second-order valence-electron chi connectivity index (χ2n) is 4.65. The summed E-state index contributed by atoms with van der Waals surface area (Å²) >= 11 is 6.04. The largest absolute Gasteiger partial charge is 1.00 e. The summed E-state index contributed by atoms with van der Waals surface area (Å²) in [5.41, 5.74) is 6.45. The molecule has 0 radical (unpaired) electrons. The number of nitrogens with two attached hydrogens (primary N) is 1. The van der Waals surface area contributed by atoms with Crippen molar-refractivity contribution >= 4 is 73.7 Å². The Balaban J connectivity index is 0.00000288. The van der Waals surface area contributed by atoms with E-state index in [-0.39, 0.29) is 39.2 Å². The standard InChI is InChI=1S/C15H12I3NO4.Na/c16-9-6-12(10(17)5-11(9)20)23-8-3-1-7(2-4-8)13(18)14(19)15(21)22;/h1-6,13-14,20H,19H2,(H,21,22);/q;+1/p-1/t13?,14-;/m1./s1. The van der Waals surface area contributed by atoms with Gasteiger partial charge in [0.1, 0.15) is 17.5 Å². The molecule has 122 valence electrons. The fourth-order valence-electron chi connectivity index (χ4n) is 1.77. The number of alkyl halides is 1. The zero-order chi connectivity index (χ0) is 17.1. The molecule has 0 amide bonds. The van der Waals surface area contributed by atoms with Gasteiger partial charge in [-0.3, -0.25) is 4.79 Å². The number of rotatable bonds is 5. The Kier molecular flexibility index (Phi) is 9.57. The molecule has 0 aliphatic rings. The number of halogens is 3. The van der Waals surface area contributed by atoms with Crippen molar-refractivity contribution in [3.63, 3.8) is 0 Å². The molecule has 0 spiro atoms. The van der Waals surface area contributed by atoms with Gasteiger partial charge in [-0.25, -0.2) is 0 Å². The molecular formula is C15H11I3NNaO4. The van der Waals surface area contributed by atoms with E-state index in [2.05, 4.69) is 22.6 Å². The van der Waals surface area contributed by atoms with Crippen molar-refractivity contribution < 1.29 is 49.3 Å². The summed E-state index contributed by atoms with van der Waals surface area (Å²) in [6.45, 7) is 0. The third-order valence-electron chi connectivity index (χ3n) is 3.01. The van der Waals surface area contributed by atoms with Gasteiger partial charge in [0, 0.05) is 3.57 Å². The van der Waals surface area contributed by atoms with Crippen LogP contribution in [0.3, 0.4) is 0 Å². The first-order valence-corrected chi connectivity index (χ1v) is 9.76. The Hall–Kier alpha value is 0.660. The van der Waals surface area contributed by atoms with Gasteiger partial charge in [0.25, 0.3) is 0 Å². The maximum atomic E-state index is 11.6. The fraction of sp³-hybridized carbons (Fsp3) is 0.133. The Bertz CT molecular complexity index is 727. The molecule has 24 heavy (non-hydrogen) atoms. The number of carbonyl (C=O) groups is 1. The first-order valence-electron chi connectivity index (χ1n) is 6.36. The average molecular weight is 673 g/mol. The SMILES string of the molecule is N[C@@H](C(=O)O)C(I)c1ccc(Oc2cc(I)c([O-])cc2I)cc1.[Na+]. The van der Waals surface area contributed by atoms with Crippen molar-refractivity contribution in [2.24, 2.45) is 5.73 Å².